The number of nitrogens with zero attached hydrogens (tertiary/aromatic N) is 3. The Morgan fingerprint density at radius 1 is 1.00 bits per heavy atom. The topological polar surface area (TPSA) is 84.7 Å². The van der Waals surface area contributed by atoms with E-state index in [4.69, 9.17) is 9.72 Å². The van der Waals surface area contributed by atoms with E-state index in [9.17, 15) is 9.90 Å². The summed E-state index contributed by atoms with van der Waals surface area (Å²) in [4.78, 5) is 26.7. The zero-order valence-corrected chi connectivity index (χ0v) is 27.6. The van der Waals surface area contributed by atoms with Crippen molar-refractivity contribution in [2.24, 2.45) is 10.9 Å². The van der Waals surface area contributed by atoms with Gasteiger partial charge in [0.1, 0.15) is 12.4 Å². The lowest BCUT2D eigenvalue weighted by Crippen LogP contribution is -2.41. The van der Waals surface area contributed by atoms with Crippen LogP contribution in [0.25, 0.3) is 11.3 Å². The fraction of sp³-hybridized carbons (Fsp3) is 0.389. The Kier molecular flexibility index (Phi) is 10.4. The lowest BCUT2D eigenvalue weighted by molar-refractivity contribution is -0.143. The second kappa shape index (κ2) is 14.4. The highest BCUT2D eigenvalue weighted by Gasteiger charge is 2.43. The lowest BCUT2D eigenvalue weighted by atomic mass is 9.79. The summed E-state index contributed by atoms with van der Waals surface area (Å²) < 4.78 is 6.15. The molecule has 0 fully saturated rings. The molecule has 44 heavy (non-hydrogen) atoms. The summed E-state index contributed by atoms with van der Waals surface area (Å²) in [6.07, 6.45) is 11.0. The van der Waals surface area contributed by atoms with E-state index in [-0.39, 0.29) is 0 Å². The molecule has 5 rings (SSSR count). The quantitative estimate of drug-likeness (QED) is 0.142. The van der Waals surface area contributed by atoms with Crippen LogP contribution in [0.4, 0.5) is 0 Å². The van der Waals surface area contributed by atoms with Gasteiger partial charge in [0.2, 0.25) is 0 Å². The summed E-state index contributed by atoms with van der Waals surface area (Å²) in [6.45, 7) is 9.04. The molecule has 0 spiro atoms. The number of allylic oxidation sites excluding steroid dienone is 1. The maximum absolute atomic E-state index is 12.6. The van der Waals surface area contributed by atoms with Gasteiger partial charge in [-0.1, -0.05) is 57.0 Å². The Bertz CT molecular complexity index is 1600. The molecule has 2 aromatic heterocycles. The van der Waals surface area contributed by atoms with E-state index in [1.165, 1.54) is 42.6 Å². The number of aliphatic imine (C=N–C) groups is 1. The van der Waals surface area contributed by atoms with Crippen molar-refractivity contribution in [2.75, 3.05) is 0 Å². The first kappa shape index (κ1) is 31.8. The number of carbonyl (C=O) groups is 1. The molecule has 1 N–H and O–H groups in total. The van der Waals surface area contributed by atoms with Gasteiger partial charge in [0, 0.05) is 35.4 Å². The van der Waals surface area contributed by atoms with E-state index in [1.807, 2.05) is 48.0 Å². The van der Waals surface area contributed by atoms with Gasteiger partial charge in [-0.05, 0) is 73.6 Å². The van der Waals surface area contributed by atoms with E-state index in [0.717, 1.165) is 43.8 Å². The summed E-state index contributed by atoms with van der Waals surface area (Å²) in [5.74, 6) is -0.185. The largest absolute Gasteiger partial charge is 0.489 e. The number of aromatic nitrogens is 2. The molecule has 6 nitrogen and oxygen atoms in total. The van der Waals surface area contributed by atoms with Crippen LogP contribution in [0.2, 0.25) is 0 Å². The fourth-order valence-corrected chi connectivity index (χ4v) is 7.52. The first-order valence-corrected chi connectivity index (χ1v) is 17.2. The lowest BCUT2D eigenvalue weighted by Gasteiger charge is -2.30. The zero-order valence-electron chi connectivity index (χ0n) is 26.0. The van der Waals surface area contributed by atoms with E-state index in [1.54, 1.807) is 17.6 Å². The van der Waals surface area contributed by atoms with Crippen molar-refractivity contribution in [1.29, 1.82) is 0 Å². The van der Waals surface area contributed by atoms with Gasteiger partial charge in [0.15, 0.2) is 0 Å². The van der Waals surface area contributed by atoms with Crippen LogP contribution in [0.5, 0.6) is 5.75 Å². The van der Waals surface area contributed by atoms with Crippen molar-refractivity contribution >= 4 is 34.9 Å². The van der Waals surface area contributed by atoms with E-state index in [2.05, 4.69) is 55.0 Å². The second-order valence-corrected chi connectivity index (χ2v) is 13.7. The average Bonchev–Trinajstić information content (AvgIpc) is 3.77. The van der Waals surface area contributed by atoms with Crippen LogP contribution < -0.4 is 4.74 Å². The molecule has 0 aliphatic carbocycles. The van der Waals surface area contributed by atoms with Crippen LogP contribution in [0, 0.1) is 19.8 Å². The van der Waals surface area contributed by atoms with E-state index >= 15 is 0 Å². The van der Waals surface area contributed by atoms with Crippen LogP contribution in [-0.2, 0) is 24.2 Å². The van der Waals surface area contributed by atoms with Gasteiger partial charge in [-0.2, -0.15) is 0 Å². The minimum absolute atomic E-state index is 0.293. The zero-order chi connectivity index (χ0) is 31.1. The fourth-order valence-electron chi connectivity index (χ4n) is 6.07. The molecule has 4 aromatic rings. The molecule has 1 aliphatic heterocycles. The molecular formula is C36H41N3O3S2. The number of aryl methyl sites for hydroxylation is 2. The summed E-state index contributed by atoms with van der Waals surface area (Å²) in [5.41, 5.74) is 5.49. The normalized spacial score (nSPS) is 16.6. The van der Waals surface area contributed by atoms with Gasteiger partial charge in [0.05, 0.1) is 32.9 Å². The van der Waals surface area contributed by atoms with Crippen molar-refractivity contribution in [1.82, 2.24) is 9.97 Å². The van der Waals surface area contributed by atoms with Crippen molar-refractivity contribution in [3.8, 4) is 17.0 Å². The molecule has 0 amide bonds. The monoisotopic (exact) mass is 627 g/mol. The molecule has 2 atom stereocenters. The third-order valence-corrected chi connectivity index (χ3v) is 10.0. The molecule has 230 valence electrons. The van der Waals surface area contributed by atoms with Gasteiger partial charge in [-0.3, -0.25) is 9.79 Å². The SMILES string of the molecule is CCCC(CCC)c1ccc(COc2ccc(-c3csc(CC(C(=O)O)C4(Cc5csc(C)n5)C=CC=N4)n3)c(C)c2)cc1. The number of benzene rings is 2. The van der Waals surface area contributed by atoms with Crippen LogP contribution in [0.1, 0.15) is 77.8 Å². The molecular weight excluding hydrogens is 587 g/mol. The molecule has 0 saturated heterocycles. The van der Waals surface area contributed by atoms with E-state index < -0.39 is 17.4 Å². The van der Waals surface area contributed by atoms with Crippen molar-refractivity contribution in [3.63, 3.8) is 0 Å². The predicted molar refractivity (Wildman–Crippen MR) is 181 cm³/mol. The highest BCUT2D eigenvalue weighted by Crippen LogP contribution is 2.36. The maximum atomic E-state index is 12.6. The summed E-state index contributed by atoms with van der Waals surface area (Å²) >= 11 is 3.06. The number of carboxylic acids is 1. The molecule has 0 bridgehead atoms. The molecule has 2 aromatic carbocycles. The van der Waals surface area contributed by atoms with Crippen molar-refractivity contribution < 1.29 is 14.6 Å². The standard InChI is InChI=1S/C36H41N3O3S2/c1-5-8-27(9-6-2)28-12-10-26(11-13-28)21-42-30-14-15-31(24(3)18-30)33-23-44-34(39-33)19-32(35(40)41)36(16-7-17-37-36)20-29-22-43-25(4)38-29/h7,10-18,22-23,27,32H,5-6,8-9,19-21H2,1-4H3,(H,40,41). The minimum Gasteiger partial charge on any atom is -0.489 e. The smallest absolute Gasteiger partial charge is 0.309 e. The number of hydrogen-bond donors (Lipinski definition) is 1. The molecule has 0 radical (unpaired) electrons. The Hall–Kier alpha value is -3.62. The number of hydrogen-bond acceptors (Lipinski definition) is 7. The number of thiazole rings is 2. The van der Waals surface area contributed by atoms with Crippen molar-refractivity contribution in [3.05, 3.63) is 97.8 Å². The van der Waals surface area contributed by atoms with Gasteiger partial charge in [-0.25, -0.2) is 9.97 Å². The van der Waals surface area contributed by atoms with Gasteiger partial charge < -0.3 is 9.84 Å². The van der Waals surface area contributed by atoms with Crippen LogP contribution in [0.3, 0.4) is 0 Å². The predicted octanol–water partition coefficient (Wildman–Crippen LogP) is 9.01. The first-order valence-electron chi connectivity index (χ1n) is 15.4. The van der Waals surface area contributed by atoms with Crippen LogP contribution in [-0.4, -0.2) is 32.8 Å². The molecule has 0 saturated carbocycles. The Balaban J connectivity index is 1.25. The molecule has 2 unspecified atom stereocenters. The molecule has 3 heterocycles. The summed E-state index contributed by atoms with van der Waals surface area (Å²) in [7, 11) is 0. The number of carboxylic acid groups (broad SMARTS) is 1. The Morgan fingerprint density at radius 3 is 2.39 bits per heavy atom. The van der Waals surface area contributed by atoms with E-state index in [0.29, 0.717) is 25.4 Å². The maximum Gasteiger partial charge on any atom is 0.309 e. The Labute approximate surface area is 268 Å². The molecule has 1 aliphatic rings. The third kappa shape index (κ3) is 7.53. The number of ether oxygens (including phenoxy) is 1. The summed E-state index contributed by atoms with van der Waals surface area (Å²) in [5, 5.41) is 16.0. The van der Waals surface area contributed by atoms with Crippen LogP contribution >= 0.6 is 22.7 Å². The minimum atomic E-state index is -0.883. The van der Waals surface area contributed by atoms with Crippen molar-refractivity contribution in [2.45, 2.75) is 84.3 Å². The Morgan fingerprint density at radius 2 is 1.77 bits per heavy atom. The summed E-state index contributed by atoms with van der Waals surface area (Å²) in [6, 6.07) is 15.0. The highest BCUT2D eigenvalue weighted by atomic mass is 32.1. The van der Waals surface area contributed by atoms with Gasteiger partial charge in [-0.15, -0.1) is 22.7 Å². The average molecular weight is 628 g/mol. The van der Waals surface area contributed by atoms with Gasteiger partial charge >= 0.3 is 5.97 Å². The molecule has 8 heteroatoms. The number of rotatable bonds is 15. The van der Waals surface area contributed by atoms with Crippen LogP contribution in [0.15, 0.2) is 70.4 Å². The third-order valence-electron chi connectivity index (χ3n) is 8.35. The first-order chi connectivity index (χ1) is 21.3. The number of aliphatic carboxylic acids is 1. The highest BCUT2D eigenvalue weighted by molar-refractivity contribution is 7.10. The van der Waals surface area contributed by atoms with Gasteiger partial charge in [0.25, 0.3) is 0 Å². The second-order valence-electron chi connectivity index (χ2n) is 11.7.